The highest BCUT2D eigenvalue weighted by Gasteiger charge is 2.25. The number of benzene rings is 2. The number of aryl methyl sites for hydroxylation is 1. The van der Waals surface area contributed by atoms with E-state index >= 15 is 0 Å². The zero-order chi connectivity index (χ0) is 18.5. The molecule has 1 aliphatic rings. The molecule has 0 fully saturated rings. The number of hydrogen-bond donors (Lipinski definition) is 1. The van der Waals surface area contributed by atoms with Crippen LogP contribution in [0.3, 0.4) is 0 Å². The number of carbonyl (C=O) groups excluding carboxylic acids is 2. The van der Waals surface area contributed by atoms with E-state index in [1.54, 1.807) is 23.1 Å². The van der Waals surface area contributed by atoms with Gasteiger partial charge in [0, 0.05) is 11.8 Å². The van der Waals surface area contributed by atoms with E-state index in [4.69, 9.17) is 21.1 Å². The van der Waals surface area contributed by atoms with Gasteiger partial charge in [0.15, 0.2) is 6.61 Å². The van der Waals surface area contributed by atoms with E-state index < -0.39 is 0 Å². The van der Waals surface area contributed by atoms with Crippen LogP contribution in [0.4, 0.5) is 11.4 Å². The fourth-order valence-electron chi connectivity index (χ4n) is 2.68. The molecule has 136 valence electrons. The maximum Gasteiger partial charge on any atom is 0.265 e. The fourth-order valence-corrected chi connectivity index (χ4v) is 2.75. The molecule has 7 heteroatoms. The predicted octanol–water partition coefficient (Wildman–Crippen LogP) is 2.98. The van der Waals surface area contributed by atoms with Gasteiger partial charge in [-0.1, -0.05) is 12.1 Å². The van der Waals surface area contributed by atoms with Crippen molar-refractivity contribution in [3.8, 4) is 11.5 Å². The van der Waals surface area contributed by atoms with Crippen LogP contribution in [-0.4, -0.2) is 37.5 Å². The minimum absolute atomic E-state index is 0.0512. The largest absolute Gasteiger partial charge is 0.492 e. The quantitative estimate of drug-likeness (QED) is 0.789. The Labute approximate surface area is 156 Å². The van der Waals surface area contributed by atoms with E-state index in [1.807, 2.05) is 31.2 Å². The lowest BCUT2D eigenvalue weighted by Gasteiger charge is -2.29. The second kappa shape index (κ2) is 8.10. The van der Waals surface area contributed by atoms with E-state index in [1.165, 1.54) is 0 Å². The number of ether oxygens (including phenoxy) is 2. The molecular weight excluding hydrogens is 356 g/mol. The zero-order valence-electron chi connectivity index (χ0n) is 14.3. The molecular formula is C19H19ClN2O4. The Balaban J connectivity index is 1.68. The van der Waals surface area contributed by atoms with Crippen LogP contribution in [0.2, 0.25) is 0 Å². The van der Waals surface area contributed by atoms with Crippen LogP contribution in [-0.2, 0) is 9.59 Å². The van der Waals surface area contributed by atoms with Gasteiger partial charge in [-0.05, 0) is 36.8 Å². The number of hydrogen-bond acceptors (Lipinski definition) is 4. The first-order valence-corrected chi connectivity index (χ1v) is 8.73. The van der Waals surface area contributed by atoms with Crippen molar-refractivity contribution in [2.75, 3.05) is 35.9 Å². The molecule has 0 spiro atoms. The molecule has 0 radical (unpaired) electrons. The van der Waals surface area contributed by atoms with Crippen LogP contribution in [0.5, 0.6) is 11.5 Å². The molecule has 1 N–H and O–H groups in total. The number of carbonyl (C=O) groups is 2. The maximum atomic E-state index is 12.2. The summed E-state index contributed by atoms with van der Waals surface area (Å²) in [6.07, 6.45) is 0. The van der Waals surface area contributed by atoms with Crippen LogP contribution in [0, 0.1) is 6.92 Å². The smallest absolute Gasteiger partial charge is 0.265 e. The molecule has 0 aromatic heterocycles. The molecule has 0 saturated carbocycles. The summed E-state index contributed by atoms with van der Waals surface area (Å²) in [6.45, 7) is 2.70. The summed E-state index contributed by atoms with van der Waals surface area (Å²) in [5.41, 5.74) is 2.33. The highest BCUT2D eigenvalue weighted by atomic mass is 35.5. The number of halogens is 1. The second-order valence-corrected chi connectivity index (χ2v) is 6.13. The van der Waals surface area contributed by atoms with Gasteiger partial charge in [-0.25, -0.2) is 0 Å². The van der Waals surface area contributed by atoms with E-state index in [-0.39, 0.29) is 24.3 Å². The Morgan fingerprint density at radius 3 is 2.92 bits per heavy atom. The highest BCUT2D eigenvalue weighted by molar-refractivity contribution is 6.29. The molecule has 6 nitrogen and oxygen atoms in total. The Kier molecular flexibility index (Phi) is 5.63. The molecule has 0 unspecified atom stereocenters. The zero-order valence-corrected chi connectivity index (χ0v) is 15.1. The third-order valence-corrected chi connectivity index (χ3v) is 4.12. The van der Waals surface area contributed by atoms with Gasteiger partial charge >= 0.3 is 0 Å². The molecule has 2 aromatic rings. The lowest BCUT2D eigenvalue weighted by atomic mass is 10.2. The summed E-state index contributed by atoms with van der Waals surface area (Å²) in [5, 5.41) is 2.66. The van der Waals surface area contributed by atoms with Gasteiger partial charge in [0.05, 0.1) is 12.2 Å². The van der Waals surface area contributed by atoms with Crippen LogP contribution >= 0.6 is 11.6 Å². The first-order valence-electron chi connectivity index (χ1n) is 8.19. The number of fused-ring (bicyclic) bond motifs is 1. The number of amides is 2. The van der Waals surface area contributed by atoms with Crippen LogP contribution in [0.1, 0.15) is 5.56 Å². The molecule has 0 bridgehead atoms. The predicted molar refractivity (Wildman–Crippen MR) is 100 cm³/mol. The fraction of sp³-hybridized carbons (Fsp3) is 0.263. The topological polar surface area (TPSA) is 67.9 Å². The Morgan fingerprint density at radius 1 is 1.31 bits per heavy atom. The minimum Gasteiger partial charge on any atom is -0.492 e. The van der Waals surface area contributed by atoms with Gasteiger partial charge in [-0.2, -0.15) is 0 Å². The monoisotopic (exact) mass is 374 g/mol. The molecule has 0 saturated heterocycles. The van der Waals surface area contributed by atoms with Crippen molar-refractivity contribution in [2.45, 2.75) is 6.92 Å². The normalized spacial score (nSPS) is 13.0. The molecule has 3 rings (SSSR count). The van der Waals surface area contributed by atoms with Crippen molar-refractivity contribution >= 4 is 34.8 Å². The third-order valence-electron chi connectivity index (χ3n) is 3.88. The van der Waals surface area contributed by atoms with E-state index in [0.717, 1.165) is 11.3 Å². The molecule has 0 atom stereocenters. The van der Waals surface area contributed by atoms with Crippen molar-refractivity contribution < 1.29 is 19.1 Å². The number of nitrogens with zero attached hydrogens (tertiary/aromatic N) is 1. The van der Waals surface area contributed by atoms with Gasteiger partial charge in [0.1, 0.15) is 24.0 Å². The van der Waals surface area contributed by atoms with Gasteiger partial charge < -0.3 is 19.7 Å². The van der Waals surface area contributed by atoms with E-state index in [9.17, 15) is 9.59 Å². The van der Waals surface area contributed by atoms with Crippen LogP contribution < -0.4 is 19.7 Å². The summed E-state index contributed by atoms with van der Waals surface area (Å²) >= 11 is 5.49. The van der Waals surface area contributed by atoms with Crippen LogP contribution in [0.25, 0.3) is 0 Å². The summed E-state index contributed by atoms with van der Waals surface area (Å²) in [4.78, 5) is 25.2. The Bertz CT molecular complexity index is 825. The number of alkyl halides is 1. The molecule has 0 aliphatic carbocycles. The summed E-state index contributed by atoms with van der Waals surface area (Å²) in [5.74, 6) is 0.737. The van der Waals surface area contributed by atoms with Gasteiger partial charge in [0.2, 0.25) is 5.91 Å². The van der Waals surface area contributed by atoms with Crippen molar-refractivity contribution in [2.24, 2.45) is 0 Å². The maximum absolute atomic E-state index is 12.2. The van der Waals surface area contributed by atoms with Gasteiger partial charge in [0.25, 0.3) is 5.91 Å². The van der Waals surface area contributed by atoms with Gasteiger partial charge in [-0.3, -0.25) is 9.59 Å². The standard InChI is InChI=1S/C19H19ClN2O4/c1-13-3-2-4-15(9-13)25-8-7-22-16-6-5-14(21-18(23)11-20)10-17(16)26-12-19(22)24/h2-6,9-10H,7-8,11-12H2,1H3,(H,21,23). The lowest BCUT2D eigenvalue weighted by Crippen LogP contribution is -2.41. The number of anilines is 2. The molecule has 2 aromatic carbocycles. The SMILES string of the molecule is Cc1cccc(OCCN2C(=O)COc3cc(NC(=O)CCl)ccc32)c1. The minimum atomic E-state index is -0.304. The van der Waals surface area contributed by atoms with Crippen molar-refractivity contribution in [1.82, 2.24) is 0 Å². The van der Waals surface area contributed by atoms with E-state index in [2.05, 4.69) is 5.32 Å². The first kappa shape index (κ1) is 18.1. The first-order chi connectivity index (χ1) is 12.6. The van der Waals surface area contributed by atoms with E-state index in [0.29, 0.717) is 30.3 Å². The summed E-state index contributed by atoms with van der Waals surface area (Å²) < 4.78 is 11.2. The molecule has 2 amide bonds. The highest BCUT2D eigenvalue weighted by Crippen LogP contribution is 2.34. The average molecular weight is 375 g/mol. The molecule has 1 aliphatic heterocycles. The second-order valence-electron chi connectivity index (χ2n) is 5.86. The summed E-state index contributed by atoms with van der Waals surface area (Å²) in [6, 6.07) is 12.9. The van der Waals surface area contributed by atoms with Gasteiger partial charge in [-0.15, -0.1) is 11.6 Å². The van der Waals surface area contributed by atoms with Crippen LogP contribution in [0.15, 0.2) is 42.5 Å². The number of rotatable bonds is 6. The average Bonchev–Trinajstić information content (AvgIpc) is 2.63. The third kappa shape index (κ3) is 4.26. The molecule has 26 heavy (non-hydrogen) atoms. The lowest BCUT2D eigenvalue weighted by molar-refractivity contribution is -0.121. The van der Waals surface area contributed by atoms with Crippen molar-refractivity contribution in [3.05, 3.63) is 48.0 Å². The number of nitrogens with one attached hydrogen (secondary N) is 1. The van der Waals surface area contributed by atoms with Crippen molar-refractivity contribution in [3.63, 3.8) is 0 Å². The Morgan fingerprint density at radius 2 is 2.15 bits per heavy atom. The molecule has 1 heterocycles. The van der Waals surface area contributed by atoms with Crippen molar-refractivity contribution in [1.29, 1.82) is 0 Å². The summed E-state index contributed by atoms with van der Waals surface area (Å²) in [7, 11) is 0. The Hall–Kier alpha value is -2.73.